The topological polar surface area (TPSA) is 111 Å². The number of hydrogen-bond donors (Lipinski definition) is 2. The van der Waals surface area contributed by atoms with Gasteiger partial charge in [-0.3, -0.25) is 0 Å². The molecule has 1 aromatic heterocycles. The van der Waals surface area contributed by atoms with Crippen LogP contribution >= 0.6 is 15.9 Å². The fourth-order valence-corrected chi connectivity index (χ4v) is 5.69. The molecule has 9 nitrogen and oxygen atoms in total. The van der Waals surface area contributed by atoms with Gasteiger partial charge in [0.05, 0.1) is 22.2 Å². The van der Waals surface area contributed by atoms with Crippen LogP contribution in [-0.2, 0) is 20.6 Å². The Bertz CT molecular complexity index is 1120. The highest BCUT2D eigenvalue weighted by atomic mass is 79.9. The Hall–Kier alpha value is -2.41. The molecule has 0 radical (unpaired) electrons. The van der Waals surface area contributed by atoms with E-state index in [0.29, 0.717) is 18.6 Å². The van der Waals surface area contributed by atoms with E-state index >= 15 is 0 Å². The Labute approximate surface area is 221 Å². The molecule has 3 aliphatic rings. The monoisotopic (exact) mass is 589 g/mol. The SMILES string of the molecule is COCCOc1ccc(NC2(c3nnnn3C3(C)CC3)CCC3(CCC3)C2)cc1Br.O=C(O)C(F)(F)F. The zero-order valence-electron chi connectivity index (χ0n) is 20.8. The van der Waals surface area contributed by atoms with Crippen molar-refractivity contribution in [3.8, 4) is 5.75 Å². The van der Waals surface area contributed by atoms with Crippen LogP contribution in [0.4, 0.5) is 18.9 Å². The number of aromatic nitrogens is 4. The number of halogens is 4. The van der Waals surface area contributed by atoms with Gasteiger partial charge in [-0.2, -0.15) is 13.2 Å². The summed E-state index contributed by atoms with van der Waals surface area (Å²) in [5.41, 5.74) is 1.36. The highest BCUT2D eigenvalue weighted by Gasteiger charge is 2.56. The molecule has 0 aliphatic heterocycles. The van der Waals surface area contributed by atoms with Gasteiger partial charge in [0.15, 0.2) is 5.82 Å². The van der Waals surface area contributed by atoms with Crippen molar-refractivity contribution in [3.63, 3.8) is 0 Å². The maximum atomic E-state index is 10.6. The standard InChI is InChI=1S/C22H30BrN5O2.C2HF3O2/c1-20(8-9-20)28-19(25-26-27-28)22(11-10-21(15-22)6-3-7-21)24-16-4-5-18(17(23)14-16)30-13-12-29-2;3-2(4,5)1(6)7/h4-5,14,24H,3,6-13,15H2,1-2H3;(H,6,7). The largest absolute Gasteiger partial charge is 0.490 e. The van der Waals surface area contributed by atoms with Crippen molar-refractivity contribution in [1.82, 2.24) is 20.2 Å². The number of nitrogens with one attached hydrogen (secondary N) is 1. The van der Waals surface area contributed by atoms with Gasteiger partial charge in [0, 0.05) is 12.8 Å². The first-order valence-electron chi connectivity index (χ1n) is 12.2. The maximum Gasteiger partial charge on any atom is 0.490 e. The summed E-state index contributed by atoms with van der Waals surface area (Å²) in [6.45, 7) is 3.36. The number of tetrazole rings is 1. The molecule has 1 heterocycles. The summed E-state index contributed by atoms with van der Waals surface area (Å²) in [5, 5.41) is 24.1. The van der Waals surface area contributed by atoms with Crippen molar-refractivity contribution >= 4 is 27.6 Å². The quantitative estimate of drug-likeness (QED) is 0.401. The maximum absolute atomic E-state index is 10.6. The summed E-state index contributed by atoms with van der Waals surface area (Å²) in [6.07, 6.45) is 4.60. The third-order valence-electron chi connectivity index (χ3n) is 7.66. The summed E-state index contributed by atoms with van der Waals surface area (Å²) in [6, 6.07) is 6.20. The molecule has 1 aromatic carbocycles. The number of hydrogen-bond acceptors (Lipinski definition) is 7. The summed E-state index contributed by atoms with van der Waals surface area (Å²) < 4.78 is 45.6. The molecule has 3 saturated carbocycles. The number of aliphatic carboxylic acids is 1. The first-order chi connectivity index (χ1) is 17.4. The van der Waals surface area contributed by atoms with Gasteiger partial charge in [0.2, 0.25) is 0 Å². The Morgan fingerprint density at radius 2 is 1.89 bits per heavy atom. The van der Waals surface area contributed by atoms with Crippen LogP contribution in [0, 0.1) is 5.41 Å². The van der Waals surface area contributed by atoms with Gasteiger partial charge in [-0.1, -0.05) is 6.42 Å². The van der Waals surface area contributed by atoms with E-state index in [1.165, 1.54) is 25.7 Å². The van der Waals surface area contributed by atoms with E-state index < -0.39 is 12.1 Å². The number of benzene rings is 1. The Morgan fingerprint density at radius 3 is 2.41 bits per heavy atom. The lowest BCUT2D eigenvalue weighted by Gasteiger charge is -2.41. The molecule has 5 rings (SSSR count). The normalized spacial score (nSPS) is 23.1. The van der Waals surface area contributed by atoms with E-state index in [1.54, 1.807) is 7.11 Å². The molecule has 0 saturated heterocycles. The lowest BCUT2D eigenvalue weighted by Crippen LogP contribution is -2.40. The summed E-state index contributed by atoms with van der Waals surface area (Å²) in [5.74, 6) is -0.931. The molecule has 0 bridgehead atoms. The zero-order valence-corrected chi connectivity index (χ0v) is 22.4. The van der Waals surface area contributed by atoms with Gasteiger partial charge < -0.3 is 19.9 Å². The van der Waals surface area contributed by atoms with E-state index in [9.17, 15) is 13.2 Å². The van der Waals surface area contributed by atoms with Gasteiger partial charge >= 0.3 is 12.1 Å². The van der Waals surface area contributed by atoms with E-state index in [0.717, 1.165) is 47.4 Å². The Kier molecular flexibility index (Phi) is 7.76. The highest BCUT2D eigenvalue weighted by molar-refractivity contribution is 9.10. The van der Waals surface area contributed by atoms with E-state index in [4.69, 9.17) is 19.4 Å². The van der Waals surface area contributed by atoms with Gasteiger partial charge in [-0.25, -0.2) is 9.48 Å². The highest BCUT2D eigenvalue weighted by Crippen LogP contribution is 2.60. The van der Waals surface area contributed by atoms with Gasteiger partial charge in [-0.05, 0) is 102 Å². The van der Waals surface area contributed by atoms with E-state index in [2.05, 4.69) is 60.5 Å². The molecule has 3 fully saturated rings. The predicted molar refractivity (Wildman–Crippen MR) is 131 cm³/mol. The van der Waals surface area contributed by atoms with Crippen LogP contribution in [0.25, 0.3) is 0 Å². The number of alkyl halides is 3. The first kappa shape index (κ1) is 27.6. The number of carboxylic acids is 1. The van der Waals surface area contributed by atoms with Crippen LogP contribution in [0.5, 0.6) is 5.75 Å². The van der Waals surface area contributed by atoms with Gasteiger partial charge in [0.1, 0.15) is 12.4 Å². The van der Waals surface area contributed by atoms with Crippen molar-refractivity contribution < 1.29 is 32.5 Å². The van der Waals surface area contributed by atoms with Crippen molar-refractivity contribution in [2.45, 2.75) is 75.5 Å². The van der Waals surface area contributed by atoms with Crippen molar-refractivity contribution in [3.05, 3.63) is 28.5 Å². The minimum absolute atomic E-state index is 0.0719. The Balaban J connectivity index is 0.000000405. The molecule has 2 N–H and O–H groups in total. The second kappa shape index (κ2) is 10.4. The average Bonchev–Trinajstić information content (AvgIpc) is 3.22. The number of carboxylic acid groups (broad SMARTS) is 1. The molecule has 1 atom stereocenters. The number of ether oxygens (including phenoxy) is 2. The summed E-state index contributed by atoms with van der Waals surface area (Å²) in [7, 11) is 1.68. The van der Waals surface area contributed by atoms with Crippen LogP contribution in [0.3, 0.4) is 0 Å². The number of carbonyl (C=O) groups is 1. The average molecular weight is 590 g/mol. The molecule has 13 heteroatoms. The minimum atomic E-state index is -5.08. The smallest absolute Gasteiger partial charge is 0.490 e. The van der Waals surface area contributed by atoms with Crippen LogP contribution < -0.4 is 10.1 Å². The molecule has 1 unspecified atom stereocenters. The molecule has 0 amide bonds. The van der Waals surface area contributed by atoms with Crippen LogP contribution in [-0.4, -0.2) is 57.8 Å². The van der Waals surface area contributed by atoms with Crippen molar-refractivity contribution in [2.75, 3.05) is 25.6 Å². The van der Waals surface area contributed by atoms with Crippen molar-refractivity contribution in [1.29, 1.82) is 0 Å². The van der Waals surface area contributed by atoms with E-state index in [1.807, 2.05) is 6.07 Å². The Morgan fingerprint density at radius 1 is 1.19 bits per heavy atom. The molecule has 1 spiro atoms. The molecule has 3 aliphatic carbocycles. The molecule has 204 valence electrons. The van der Waals surface area contributed by atoms with E-state index in [-0.39, 0.29) is 11.1 Å². The molecular weight excluding hydrogens is 559 g/mol. The first-order valence-corrected chi connectivity index (χ1v) is 13.0. The zero-order chi connectivity index (χ0) is 26.9. The minimum Gasteiger partial charge on any atom is -0.490 e. The second-order valence-corrected chi connectivity index (χ2v) is 11.3. The number of anilines is 1. The third-order valence-corrected chi connectivity index (χ3v) is 8.28. The lowest BCUT2D eigenvalue weighted by molar-refractivity contribution is -0.192. The van der Waals surface area contributed by atoms with Gasteiger partial charge in [-0.15, -0.1) is 5.10 Å². The van der Waals surface area contributed by atoms with Crippen molar-refractivity contribution in [2.24, 2.45) is 5.41 Å². The number of rotatable bonds is 8. The van der Waals surface area contributed by atoms with Crippen LogP contribution in [0.1, 0.15) is 64.1 Å². The fraction of sp³-hybridized carbons (Fsp3) is 0.667. The molecule has 37 heavy (non-hydrogen) atoms. The molecular formula is C24H31BrF3N5O4. The predicted octanol–water partition coefficient (Wildman–Crippen LogP) is 5.26. The molecule has 2 aromatic rings. The van der Waals surface area contributed by atoms with Crippen LogP contribution in [0.15, 0.2) is 22.7 Å². The second-order valence-electron chi connectivity index (χ2n) is 10.4. The third kappa shape index (κ3) is 6.02. The summed E-state index contributed by atoms with van der Waals surface area (Å²) >= 11 is 3.67. The van der Waals surface area contributed by atoms with Crippen LogP contribution in [0.2, 0.25) is 0 Å². The summed E-state index contributed by atoms with van der Waals surface area (Å²) in [4.78, 5) is 8.90. The van der Waals surface area contributed by atoms with Gasteiger partial charge in [0.25, 0.3) is 0 Å². The lowest BCUT2D eigenvalue weighted by atomic mass is 9.66. The number of nitrogens with zero attached hydrogens (tertiary/aromatic N) is 4. The number of methoxy groups -OCH3 is 1. The fourth-order valence-electron chi connectivity index (χ4n) is 5.20.